The first kappa shape index (κ1) is 23.4. The molecule has 35 heavy (non-hydrogen) atoms. The number of carbonyl (C=O) groups is 3. The maximum atomic E-state index is 13.0. The lowest BCUT2D eigenvalue weighted by molar-refractivity contribution is -0.138. The number of nitrogens with one attached hydrogen (secondary N) is 2. The molecule has 2 atom stereocenters. The normalized spacial score (nSPS) is 21.9. The number of amides is 2. The van der Waals surface area contributed by atoms with Crippen molar-refractivity contribution in [3.05, 3.63) is 59.7 Å². The van der Waals surface area contributed by atoms with Crippen LogP contribution >= 0.6 is 0 Å². The van der Waals surface area contributed by atoms with Crippen molar-refractivity contribution in [3.8, 4) is 11.1 Å². The van der Waals surface area contributed by atoms with Crippen molar-refractivity contribution in [2.45, 2.75) is 56.4 Å². The Kier molecular flexibility index (Phi) is 6.50. The van der Waals surface area contributed by atoms with Crippen LogP contribution < -0.4 is 10.6 Å². The lowest BCUT2D eigenvalue weighted by Crippen LogP contribution is -2.46. The van der Waals surface area contributed by atoms with Crippen LogP contribution in [0.5, 0.6) is 0 Å². The van der Waals surface area contributed by atoms with E-state index in [0.29, 0.717) is 19.4 Å². The molecule has 0 unspecified atom stereocenters. The van der Waals surface area contributed by atoms with Crippen LogP contribution in [0.15, 0.2) is 48.5 Å². The summed E-state index contributed by atoms with van der Waals surface area (Å²) in [5.74, 6) is -1.17. The maximum Gasteiger partial charge on any atom is 0.407 e. The molecular formula is C28H32N2O5. The van der Waals surface area contributed by atoms with E-state index in [-0.39, 0.29) is 36.7 Å². The number of benzene rings is 2. The number of hydrogen-bond acceptors (Lipinski definition) is 4. The zero-order valence-corrected chi connectivity index (χ0v) is 19.8. The van der Waals surface area contributed by atoms with Gasteiger partial charge in [0.2, 0.25) is 5.91 Å². The second-order valence-electron chi connectivity index (χ2n) is 10.2. The number of carboxylic acids is 1. The molecule has 2 saturated carbocycles. The molecule has 0 radical (unpaired) electrons. The van der Waals surface area contributed by atoms with Crippen LogP contribution in [-0.4, -0.2) is 41.8 Å². The smallest absolute Gasteiger partial charge is 0.407 e. The minimum atomic E-state index is -0.889. The molecule has 0 aliphatic heterocycles. The quantitative estimate of drug-likeness (QED) is 0.522. The lowest BCUT2D eigenvalue weighted by atomic mass is 9.78. The molecule has 2 amide bonds. The lowest BCUT2D eigenvalue weighted by Gasteiger charge is -2.32. The number of carboxylic acid groups (broad SMARTS) is 1. The van der Waals surface area contributed by atoms with Gasteiger partial charge in [0, 0.05) is 18.4 Å². The average molecular weight is 477 g/mol. The van der Waals surface area contributed by atoms with Gasteiger partial charge in [-0.3, -0.25) is 9.59 Å². The molecule has 2 aromatic carbocycles. The maximum absolute atomic E-state index is 13.0. The number of ether oxygens (including phenoxy) is 1. The van der Waals surface area contributed by atoms with Gasteiger partial charge in [0.1, 0.15) is 6.61 Å². The van der Waals surface area contributed by atoms with E-state index in [4.69, 9.17) is 9.84 Å². The fourth-order valence-electron chi connectivity index (χ4n) is 5.80. The van der Waals surface area contributed by atoms with Crippen molar-refractivity contribution in [1.82, 2.24) is 10.6 Å². The molecule has 5 rings (SSSR count). The first-order valence-corrected chi connectivity index (χ1v) is 12.6. The molecular weight excluding hydrogens is 444 g/mol. The van der Waals surface area contributed by atoms with Crippen LogP contribution in [0.2, 0.25) is 0 Å². The molecule has 7 nitrogen and oxygen atoms in total. The molecule has 3 aliphatic rings. The summed E-state index contributed by atoms with van der Waals surface area (Å²) in [6.45, 7) is 0.632. The van der Waals surface area contributed by atoms with Crippen LogP contribution in [0.3, 0.4) is 0 Å². The Labute approximate surface area is 205 Å². The van der Waals surface area contributed by atoms with Crippen molar-refractivity contribution in [2.75, 3.05) is 13.2 Å². The van der Waals surface area contributed by atoms with E-state index in [1.165, 1.54) is 22.3 Å². The number of rotatable bonds is 8. The summed E-state index contributed by atoms with van der Waals surface area (Å²) in [7, 11) is 0. The van der Waals surface area contributed by atoms with Crippen molar-refractivity contribution >= 4 is 18.0 Å². The van der Waals surface area contributed by atoms with Gasteiger partial charge >= 0.3 is 12.1 Å². The van der Waals surface area contributed by atoms with Gasteiger partial charge in [-0.15, -0.1) is 0 Å². The fraction of sp³-hybridized carbons (Fsp3) is 0.464. The number of alkyl carbamates (subject to hydrolysis) is 1. The molecule has 2 fully saturated rings. The second-order valence-corrected chi connectivity index (χ2v) is 10.2. The Morgan fingerprint density at radius 3 is 2.20 bits per heavy atom. The largest absolute Gasteiger partial charge is 0.481 e. The standard InChI is InChI=1S/C28H32N2O5/c31-25(32)15-28(13-14-28)30-26(33)19-8-2-1-7-18(19)16-29-27(34)35-17-24-22-11-5-3-9-20(22)21-10-4-6-12-23(21)24/h3-6,9-12,18-19,24H,1-2,7-8,13-17H2,(H,29,34)(H,30,33)(H,31,32)/t18-,19-/m1/s1. The highest BCUT2D eigenvalue weighted by Crippen LogP contribution is 2.44. The highest BCUT2D eigenvalue weighted by molar-refractivity contribution is 5.82. The SMILES string of the molecule is O=C(O)CC1(NC(=O)[C@@H]2CCCC[C@@H]2CNC(=O)OCC2c3ccccc3-c3ccccc32)CC1. The minimum Gasteiger partial charge on any atom is -0.481 e. The molecule has 184 valence electrons. The third kappa shape index (κ3) is 5.04. The molecule has 0 spiro atoms. The van der Waals surface area contributed by atoms with Gasteiger partial charge in [0.05, 0.1) is 12.0 Å². The van der Waals surface area contributed by atoms with Gasteiger partial charge in [-0.2, -0.15) is 0 Å². The van der Waals surface area contributed by atoms with E-state index in [9.17, 15) is 14.4 Å². The number of fused-ring (bicyclic) bond motifs is 3. The van der Waals surface area contributed by atoms with Crippen molar-refractivity contribution < 1.29 is 24.2 Å². The van der Waals surface area contributed by atoms with Crippen LogP contribution in [0, 0.1) is 11.8 Å². The Balaban J connectivity index is 1.16. The summed E-state index contributed by atoms with van der Waals surface area (Å²) in [4.78, 5) is 36.7. The van der Waals surface area contributed by atoms with Gasteiger partial charge in [0.25, 0.3) is 0 Å². The summed E-state index contributed by atoms with van der Waals surface area (Å²) in [5, 5.41) is 15.0. The van der Waals surface area contributed by atoms with Crippen LogP contribution in [-0.2, 0) is 14.3 Å². The van der Waals surface area contributed by atoms with Crippen LogP contribution in [0.4, 0.5) is 4.79 Å². The molecule has 0 saturated heterocycles. The zero-order chi connectivity index (χ0) is 24.4. The Morgan fingerprint density at radius 1 is 0.943 bits per heavy atom. The first-order chi connectivity index (χ1) is 17.0. The predicted octanol–water partition coefficient (Wildman–Crippen LogP) is 4.46. The predicted molar refractivity (Wildman–Crippen MR) is 131 cm³/mol. The van der Waals surface area contributed by atoms with E-state index in [0.717, 1.165) is 25.7 Å². The van der Waals surface area contributed by atoms with Gasteiger partial charge in [-0.1, -0.05) is 61.4 Å². The summed E-state index contributed by atoms with van der Waals surface area (Å²) < 4.78 is 5.64. The minimum absolute atomic E-state index is 0.00493. The van der Waals surface area contributed by atoms with E-state index < -0.39 is 17.6 Å². The molecule has 3 aliphatic carbocycles. The van der Waals surface area contributed by atoms with E-state index in [2.05, 4.69) is 34.9 Å². The van der Waals surface area contributed by atoms with Gasteiger partial charge in [-0.25, -0.2) is 4.79 Å². The average Bonchev–Trinajstić information content (AvgIpc) is 3.52. The summed E-state index contributed by atoms with van der Waals surface area (Å²) >= 11 is 0. The summed E-state index contributed by atoms with van der Waals surface area (Å²) in [6, 6.07) is 16.4. The van der Waals surface area contributed by atoms with Crippen LogP contribution in [0.1, 0.15) is 62.0 Å². The molecule has 0 bridgehead atoms. The second kappa shape index (κ2) is 9.72. The zero-order valence-electron chi connectivity index (χ0n) is 19.8. The molecule has 0 aromatic heterocycles. The Morgan fingerprint density at radius 2 is 1.57 bits per heavy atom. The molecule has 0 heterocycles. The van der Waals surface area contributed by atoms with Crippen LogP contribution in [0.25, 0.3) is 11.1 Å². The van der Waals surface area contributed by atoms with E-state index in [1.807, 2.05) is 24.3 Å². The number of carbonyl (C=O) groups excluding carboxylic acids is 2. The third-order valence-electron chi connectivity index (χ3n) is 7.83. The van der Waals surface area contributed by atoms with E-state index >= 15 is 0 Å². The van der Waals surface area contributed by atoms with E-state index in [1.54, 1.807) is 0 Å². The molecule has 3 N–H and O–H groups in total. The monoisotopic (exact) mass is 476 g/mol. The highest BCUT2D eigenvalue weighted by atomic mass is 16.5. The highest BCUT2D eigenvalue weighted by Gasteiger charge is 2.47. The van der Waals surface area contributed by atoms with Crippen molar-refractivity contribution in [2.24, 2.45) is 11.8 Å². The van der Waals surface area contributed by atoms with Gasteiger partial charge in [0.15, 0.2) is 0 Å². The Bertz CT molecular complexity index is 1080. The molecule has 7 heteroatoms. The summed E-state index contributed by atoms with van der Waals surface area (Å²) in [6.07, 6.45) is 4.50. The Hall–Kier alpha value is -3.35. The number of hydrogen-bond donors (Lipinski definition) is 3. The van der Waals surface area contributed by atoms with Gasteiger partial charge < -0.3 is 20.5 Å². The van der Waals surface area contributed by atoms with Crippen molar-refractivity contribution in [3.63, 3.8) is 0 Å². The van der Waals surface area contributed by atoms with Crippen molar-refractivity contribution in [1.29, 1.82) is 0 Å². The topological polar surface area (TPSA) is 105 Å². The first-order valence-electron chi connectivity index (χ1n) is 12.6. The molecule has 2 aromatic rings. The van der Waals surface area contributed by atoms with Gasteiger partial charge in [-0.05, 0) is 53.9 Å². The summed E-state index contributed by atoms with van der Waals surface area (Å²) in [5.41, 5.74) is 4.13. The third-order valence-corrected chi connectivity index (χ3v) is 7.83. The number of aliphatic carboxylic acids is 1. The fourth-order valence-corrected chi connectivity index (χ4v) is 5.80.